The summed E-state index contributed by atoms with van der Waals surface area (Å²) in [6, 6.07) is 3.24. The quantitative estimate of drug-likeness (QED) is 0.567. The van der Waals surface area contributed by atoms with Crippen LogP contribution in [0.15, 0.2) is 35.8 Å². The summed E-state index contributed by atoms with van der Waals surface area (Å²) >= 11 is 0. The van der Waals surface area contributed by atoms with Gasteiger partial charge in [0.15, 0.2) is 0 Å². The highest BCUT2D eigenvalue weighted by Crippen LogP contribution is 2.21. The van der Waals surface area contributed by atoms with E-state index in [2.05, 4.69) is 20.5 Å². The number of aromatic nitrogens is 2. The molecule has 0 fully saturated rings. The van der Waals surface area contributed by atoms with Gasteiger partial charge in [0.25, 0.3) is 5.91 Å². The maximum absolute atomic E-state index is 11.8. The Balaban J connectivity index is 2.15. The van der Waals surface area contributed by atoms with Crippen LogP contribution in [0.25, 0.3) is 0 Å². The molecule has 7 nitrogen and oxygen atoms in total. The standard InChI is InChI=1S/C14H14N4O3/c1-9-13(20)12(11(8-19)6-16-9)7-17-18-14(21)10-3-2-4-15-5-10/h2-7,19-20H,8H2,1H3,(H,18,21)/b17-7+. The fourth-order valence-corrected chi connectivity index (χ4v) is 1.64. The third-order valence-corrected chi connectivity index (χ3v) is 2.81. The van der Waals surface area contributed by atoms with E-state index >= 15 is 0 Å². The molecule has 0 aliphatic heterocycles. The lowest BCUT2D eigenvalue weighted by atomic mass is 10.1. The van der Waals surface area contributed by atoms with Gasteiger partial charge in [-0.3, -0.25) is 14.8 Å². The van der Waals surface area contributed by atoms with Crippen LogP contribution in [0.5, 0.6) is 5.75 Å². The van der Waals surface area contributed by atoms with Gasteiger partial charge in [-0.05, 0) is 19.1 Å². The predicted molar refractivity (Wildman–Crippen MR) is 75.9 cm³/mol. The van der Waals surface area contributed by atoms with E-state index in [0.29, 0.717) is 22.4 Å². The van der Waals surface area contributed by atoms with E-state index in [1.54, 1.807) is 25.3 Å². The number of amides is 1. The molecule has 3 N–H and O–H groups in total. The smallest absolute Gasteiger partial charge is 0.272 e. The molecule has 0 saturated heterocycles. The molecule has 0 unspecified atom stereocenters. The summed E-state index contributed by atoms with van der Waals surface area (Å²) in [6.45, 7) is 1.33. The minimum Gasteiger partial charge on any atom is -0.505 e. The first kappa shape index (κ1) is 14.6. The van der Waals surface area contributed by atoms with Crippen molar-refractivity contribution in [3.05, 3.63) is 53.1 Å². The number of aryl methyl sites for hydroxylation is 1. The number of rotatable bonds is 4. The molecular formula is C14H14N4O3. The lowest BCUT2D eigenvalue weighted by Crippen LogP contribution is -2.17. The van der Waals surface area contributed by atoms with Gasteiger partial charge in [0.2, 0.25) is 0 Å². The van der Waals surface area contributed by atoms with E-state index in [9.17, 15) is 15.0 Å². The van der Waals surface area contributed by atoms with Crippen LogP contribution in [-0.2, 0) is 6.61 Å². The first-order chi connectivity index (χ1) is 10.1. The highest BCUT2D eigenvalue weighted by atomic mass is 16.3. The van der Waals surface area contributed by atoms with Gasteiger partial charge in [0, 0.05) is 29.7 Å². The Hall–Kier alpha value is -2.80. The average Bonchev–Trinajstić information content (AvgIpc) is 2.52. The molecule has 0 aliphatic rings. The van der Waals surface area contributed by atoms with Crippen LogP contribution in [-0.4, -0.2) is 32.3 Å². The molecule has 0 radical (unpaired) electrons. The van der Waals surface area contributed by atoms with Crippen LogP contribution in [0.3, 0.4) is 0 Å². The Labute approximate surface area is 121 Å². The van der Waals surface area contributed by atoms with Crippen LogP contribution in [0.1, 0.15) is 27.2 Å². The molecule has 0 aliphatic carbocycles. The number of hydrogen-bond donors (Lipinski definition) is 3. The van der Waals surface area contributed by atoms with Crippen molar-refractivity contribution in [2.45, 2.75) is 13.5 Å². The normalized spacial score (nSPS) is 10.8. The number of aliphatic hydroxyl groups excluding tert-OH is 1. The second kappa shape index (κ2) is 6.58. The third kappa shape index (κ3) is 3.40. The zero-order valence-corrected chi connectivity index (χ0v) is 11.3. The Morgan fingerprint density at radius 1 is 1.48 bits per heavy atom. The number of hydrogen-bond acceptors (Lipinski definition) is 6. The van der Waals surface area contributed by atoms with E-state index in [-0.39, 0.29) is 12.4 Å². The van der Waals surface area contributed by atoms with Crippen molar-refractivity contribution in [3.63, 3.8) is 0 Å². The fourth-order valence-electron chi connectivity index (χ4n) is 1.64. The van der Waals surface area contributed by atoms with Crippen LogP contribution in [0.2, 0.25) is 0 Å². The first-order valence-corrected chi connectivity index (χ1v) is 6.15. The van der Waals surface area contributed by atoms with Crippen molar-refractivity contribution in [1.82, 2.24) is 15.4 Å². The average molecular weight is 286 g/mol. The number of nitrogens with one attached hydrogen (secondary N) is 1. The second-order valence-corrected chi connectivity index (χ2v) is 4.23. The van der Waals surface area contributed by atoms with Gasteiger partial charge in [0.1, 0.15) is 5.75 Å². The molecule has 0 spiro atoms. The largest absolute Gasteiger partial charge is 0.505 e. The SMILES string of the molecule is Cc1ncc(CO)c(/C=N/NC(=O)c2cccnc2)c1O. The van der Waals surface area contributed by atoms with Gasteiger partial charge in [-0.1, -0.05) is 0 Å². The molecule has 2 heterocycles. The summed E-state index contributed by atoms with van der Waals surface area (Å²) in [5, 5.41) is 22.9. The molecule has 0 aromatic carbocycles. The summed E-state index contributed by atoms with van der Waals surface area (Å²) in [7, 11) is 0. The topological polar surface area (TPSA) is 108 Å². The Morgan fingerprint density at radius 2 is 2.29 bits per heavy atom. The molecule has 2 aromatic heterocycles. The summed E-state index contributed by atoms with van der Waals surface area (Å²) in [5.41, 5.74) is 3.83. The van der Waals surface area contributed by atoms with Crippen molar-refractivity contribution in [3.8, 4) is 5.75 Å². The lowest BCUT2D eigenvalue weighted by Gasteiger charge is -2.07. The van der Waals surface area contributed by atoms with E-state index in [0.717, 1.165) is 0 Å². The summed E-state index contributed by atoms with van der Waals surface area (Å²) < 4.78 is 0. The van der Waals surface area contributed by atoms with Gasteiger partial charge in [-0.2, -0.15) is 5.10 Å². The molecule has 0 atom stereocenters. The fraction of sp³-hybridized carbons (Fsp3) is 0.143. The summed E-state index contributed by atoms with van der Waals surface area (Å²) in [4.78, 5) is 19.5. The highest BCUT2D eigenvalue weighted by Gasteiger charge is 2.09. The molecule has 2 aromatic rings. The van der Waals surface area contributed by atoms with Gasteiger partial charge >= 0.3 is 0 Å². The van der Waals surface area contributed by atoms with Crippen LogP contribution >= 0.6 is 0 Å². The van der Waals surface area contributed by atoms with Gasteiger partial charge in [-0.15, -0.1) is 0 Å². The number of carbonyl (C=O) groups excluding carboxylic acids is 1. The zero-order valence-electron chi connectivity index (χ0n) is 11.3. The minimum absolute atomic E-state index is 0.0825. The number of pyridine rings is 2. The minimum atomic E-state index is -0.421. The molecule has 0 bridgehead atoms. The van der Waals surface area contributed by atoms with Crippen molar-refractivity contribution in [1.29, 1.82) is 0 Å². The van der Waals surface area contributed by atoms with E-state index < -0.39 is 5.91 Å². The van der Waals surface area contributed by atoms with Crippen LogP contribution in [0.4, 0.5) is 0 Å². The van der Waals surface area contributed by atoms with Crippen molar-refractivity contribution in [2.24, 2.45) is 5.10 Å². The molecule has 21 heavy (non-hydrogen) atoms. The van der Waals surface area contributed by atoms with Crippen molar-refractivity contribution < 1.29 is 15.0 Å². The molecule has 7 heteroatoms. The van der Waals surface area contributed by atoms with E-state index in [4.69, 9.17) is 0 Å². The highest BCUT2D eigenvalue weighted by molar-refractivity contribution is 5.95. The molecule has 0 saturated carbocycles. The number of nitrogens with zero attached hydrogens (tertiary/aromatic N) is 3. The van der Waals surface area contributed by atoms with Crippen LogP contribution in [0, 0.1) is 6.92 Å². The van der Waals surface area contributed by atoms with Gasteiger partial charge < -0.3 is 10.2 Å². The Bertz CT molecular complexity index is 671. The number of hydrazone groups is 1. The first-order valence-electron chi connectivity index (χ1n) is 6.15. The molecule has 2 rings (SSSR count). The lowest BCUT2D eigenvalue weighted by molar-refractivity contribution is 0.0954. The molecule has 1 amide bonds. The summed E-state index contributed by atoms with van der Waals surface area (Å²) in [5.74, 6) is -0.504. The second-order valence-electron chi connectivity index (χ2n) is 4.23. The maximum Gasteiger partial charge on any atom is 0.272 e. The van der Waals surface area contributed by atoms with E-state index in [1.807, 2.05) is 0 Å². The third-order valence-electron chi connectivity index (χ3n) is 2.81. The van der Waals surface area contributed by atoms with E-state index in [1.165, 1.54) is 18.6 Å². The maximum atomic E-state index is 11.8. The van der Waals surface area contributed by atoms with Gasteiger partial charge in [-0.25, -0.2) is 5.43 Å². The predicted octanol–water partition coefficient (Wildman–Crippen LogP) is 0.747. The zero-order chi connectivity index (χ0) is 15.2. The monoisotopic (exact) mass is 286 g/mol. The van der Waals surface area contributed by atoms with Crippen molar-refractivity contribution in [2.75, 3.05) is 0 Å². The Morgan fingerprint density at radius 3 is 2.95 bits per heavy atom. The Kier molecular flexibility index (Phi) is 4.57. The summed E-state index contributed by atoms with van der Waals surface area (Å²) in [6.07, 6.45) is 5.69. The number of aromatic hydroxyl groups is 1. The number of aliphatic hydroxyl groups is 1. The number of carbonyl (C=O) groups is 1. The van der Waals surface area contributed by atoms with Gasteiger partial charge in [0.05, 0.1) is 24.1 Å². The molecular weight excluding hydrogens is 272 g/mol. The molecule has 108 valence electrons. The van der Waals surface area contributed by atoms with Crippen molar-refractivity contribution >= 4 is 12.1 Å². The van der Waals surface area contributed by atoms with Crippen LogP contribution < -0.4 is 5.43 Å².